The smallest absolute Gasteiger partial charge is 0.387 e. The molecule has 0 aliphatic heterocycles. The van der Waals surface area contributed by atoms with Crippen LogP contribution in [-0.2, 0) is 0 Å². The Kier molecular flexibility index (Phi) is 4.65. The number of para-hydroxylation sites is 1. The molecule has 24 heavy (non-hydrogen) atoms. The van der Waals surface area contributed by atoms with Gasteiger partial charge in [-0.2, -0.15) is 13.9 Å². The number of benzene rings is 2. The summed E-state index contributed by atoms with van der Waals surface area (Å²) in [6, 6.07) is 16.0. The van der Waals surface area contributed by atoms with Gasteiger partial charge in [0.1, 0.15) is 11.6 Å². The summed E-state index contributed by atoms with van der Waals surface area (Å²) in [5.41, 5.74) is 5.63. The van der Waals surface area contributed by atoms with E-state index in [4.69, 9.17) is 0 Å². The third-order valence-corrected chi connectivity index (χ3v) is 3.42. The Bertz CT molecular complexity index is 864. The molecule has 0 amide bonds. The van der Waals surface area contributed by atoms with Crippen molar-refractivity contribution >= 4 is 22.9 Å². The highest BCUT2D eigenvalue weighted by Gasteiger charge is 2.03. The molecule has 1 aromatic heterocycles. The highest BCUT2D eigenvalue weighted by atomic mass is 19.3. The van der Waals surface area contributed by atoms with Crippen molar-refractivity contribution in [2.75, 3.05) is 5.43 Å². The summed E-state index contributed by atoms with van der Waals surface area (Å²) in [5, 5.41) is 5.22. The number of nitrogens with zero attached hydrogens (tertiary/aromatic N) is 2. The second-order valence-corrected chi connectivity index (χ2v) is 5.16. The first-order chi connectivity index (χ1) is 11.6. The number of hydrazone groups is 1. The van der Waals surface area contributed by atoms with Crippen LogP contribution in [0.4, 0.5) is 14.6 Å². The molecule has 2 aromatic carbocycles. The van der Waals surface area contributed by atoms with E-state index in [1.54, 1.807) is 18.3 Å². The molecule has 0 fully saturated rings. The summed E-state index contributed by atoms with van der Waals surface area (Å²) in [5.74, 6) is 0.752. The van der Waals surface area contributed by atoms with Gasteiger partial charge in [0.05, 0.1) is 11.7 Å². The lowest BCUT2D eigenvalue weighted by Crippen LogP contribution is -2.01. The van der Waals surface area contributed by atoms with Gasteiger partial charge in [-0.05, 0) is 54.4 Å². The number of hydrogen-bond acceptors (Lipinski definition) is 4. The Morgan fingerprint density at radius 3 is 2.62 bits per heavy atom. The Morgan fingerprint density at radius 2 is 1.88 bits per heavy atom. The normalized spacial score (nSPS) is 11.3. The molecule has 0 saturated carbocycles. The third-order valence-electron chi connectivity index (χ3n) is 3.42. The molecule has 0 saturated heterocycles. The second kappa shape index (κ2) is 7.04. The van der Waals surface area contributed by atoms with Crippen molar-refractivity contribution in [1.82, 2.24) is 4.98 Å². The van der Waals surface area contributed by atoms with Crippen molar-refractivity contribution in [3.05, 3.63) is 65.7 Å². The molecule has 3 aromatic rings. The number of pyridine rings is 1. The number of ether oxygens (including phenoxy) is 1. The van der Waals surface area contributed by atoms with Gasteiger partial charge in [0, 0.05) is 5.39 Å². The Morgan fingerprint density at radius 1 is 1.12 bits per heavy atom. The van der Waals surface area contributed by atoms with Crippen LogP contribution >= 0.6 is 0 Å². The maximum Gasteiger partial charge on any atom is 0.387 e. The Balaban J connectivity index is 1.70. The lowest BCUT2D eigenvalue weighted by Gasteiger charge is -2.05. The number of rotatable bonds is 5. The number of hydrogen-bond donors (Lipinski definition) is 1. The van der Waals surface area contributed by atoms with E-state index >= 15 is 0 Å². The summed E-state index contributed by atoms with van der Waals surface area (Å²) in [7, 11) is 0. The molecule has 0 spiro atoms. The van der Waals surface area contributed by atoms with Gasteiger partial charge in [0.25, 0.3) is 0 Å². The zero-order valence-corrected chi connectivity index (χ0v) is 12.9. The van der Waals surface area contributed by atoms with Gasteiger partial charge in [-0.1, -0.05) is 18.2 Å². The number of alkyl halides is 2. The van der Waals surface area contributed by atoms with E-state index in [1.807, 2.05) is 37.3 Å². The zero-order valence-electron chi connectivity index (χ0n) is 12.9. The maximum atomic E-state index is 12.1. The largest absolute Gasteiger partial charge is 0.435 e. The van der Waals surface area contributed by atoms with E-state index in [9.17, 15) is 8.78 Å². The van der Waals surface area contributed by atoms with Crippen LogP contribution in [0.5, 0.6) is 5.75 Å². The summed E-state index contributed by atoms with van der Waals surface area (Å²) >= 11 is 0. The Hall–Kier alpha value is -3.02. The van der Waals surface area contributed by atoms with Crippen molar-refractivity contribution < 1.29 is 13.5 Å². The van der Waals surface area contributed by atoms with Gasteiger partial charge in [0.2, 0.25) is 0 Å². The zero-order chi connectivity index (χ0) is 16.9. The molecule has 0 unspecified atom stereocenters. The quantitative estimate of drug-likeness (QED) is 0.551. The van der Waals surface area contributed by atoms with Crippen molar-refractivity contribution in [1.29, 1.82) is 0 Å². The fourth-order valence-electron chi connectivity index (χ4n) is 2.32. The standard InChI is InChI=1S/C18H15F2N3O/c1-12-10-17(22-16-5-3-2-4-15(12)16)23-21-11-13-6-8-14(9-7-13)24-18(19)20/h2-11,18H,1H3,(H,22,23)/b21-11-. The van der Waals surface area contributed by atoms with E-state index in [0.29, 0.717) is 5.82 Å². The minimum atomic E-state index is -2.83. The molecule has 0 aliphatic rings. The van der Waals surface area contributed by atoms with Gasteiger partial charge >= 0.3 is 6.61 Å². The van der Waals surface area contributed by atoms with Crippen LogP contribution in [0.2, 0.25) is 0 Å². The fraction of sp³-hybridized carbons (Fsp3) is 0.111. The molecule has 4 nitrogen and oxygen atoms in total. The predicted molar refractivity (Wildman–Crippen MR) is 90.8 cm³/mol. The minimum Gasteiger partial charge on any atom is -0.435 e. The lowest BCUT2D eigenvalue weighted by atomic mass is 10.1. The van der Waals surface area contributed by atoms with Crippen LogP contribution in [0.3, 0.4) is 0 Å². The molecule has 0 radical (unpaired) electrons. The van der Waals surface area contributed by atoms with Gasteiger partial charge in [-0.25, -0.2) is 4.98 Å². The van der Waals surface area contributed by atoms with E-state index in [0.717, 1.165) is 22.0 Å². The molecule has 1 heterocycles. The first-order valence-corrected chi connectivity index (χ1v) is 7.32. The number of fused-ring (bicyclic) bond motifs is 1. The van der Waals surface area contributed by atoms with Crippen molar-refractivity contribution in [2.24, 2.45) is 5.10 Å². The lowest BCUT2D eigenvalue weighted by molar-refractivity contribution is -0.0498. The summed E-state index contributed by atoms with van der Waals surface area (Å²) in [6.07, 6.45) is 1.58. The fourth-order valence-corrected chi connectivity index (χ4v) is 2.32. The van der Waals surface area contributed by atoms with Crippen LogP contribution in [0.25, 0.3) is 10.9 Å². The second-order valence-electron chi connectivity index (χ2n) is 5.16. The highest BCUT2D eigenvalue weighted by Crippen LogP contribution is 2.19. The molecular formula is C18H15F2N3O. The maximum absolute atomic E-state index is 12.1. The molecule has 122 valence electrons. The van der Waals surface area contributed by atoms with Crippen LogP contribution in [-0.4, -0.2) is 17.8 Å². The Labute approximate surface area is 137 Å². The topological polar surface area (TPSA) is 46.5 Å². The summed E-state index contributed by atoms with van der Waals surface area (Å²) in [6.45, 7) is -0.811. The average Bonchev–Trinajstić information content (AvgIpc) is 2.56. The molecule has 0 aliphatic carbocycles. The van der Waals surface area contributed by atoms with E-state index < -0.39 is 6.61 Å². The molecule has 3 rings (SSSR count). The van der Waals surface area contributed by atoms with Gasteiger partial charge in [-0.15, -0.1) is 0 Å². The van der Waals surface area contributed by atoms with Crippen molar-refractivity contribution in [2.45, 2.75) is 13.5 Å². The summed E-state index contributed by atoms with van der Waals surface area (Å²) < 4.78 is 28.5. The number of anilines is 1. The van der Waals surface area contributed by atoms with Crippen LogP contribution < -0.4 is 10.2 Å². The van der Waals surface area contributed by atoms with E-state index in [-0.39, 0.29) is 5.75 Å². The molecular weight excluding hydrogens is 312 g/mol. The predicted octanol–water partition coefficient (Wildman–Crippen LogP) is 4.59. The molecule has 6 heteroatoms. The number of halogens is 2. The number of aromatic nitrogens is 1. The SMILES string of the molecule is Cc1cc(N/N=C\c2ccc(OC(F)F)cc2)nc2ccccc12. The van der Waals surface area contributed by atoms with Gasteiger partial charge in [-0.3, -0.25) is 5.43 Å². The number of aryl methyl sites for hydroxylation is 1. The minimum absolute atomic E-state index is 0.113. The van der Waals surface area contributed by atoms with E-state index in [2.05, 4.69) is 20.2 Å². The molecule has 0 bridgehead atoms. The van der Waals surface area contributed by atoms with Crippen molar-refractivity contribution in [3.8, 4) is 5.75 Å². The monoisotopic (exact) mass is 327 g/mol. The third kappa shape index (κ3) is 3.84. The molecule has 1 N–H and O–H groups in total. The van der Waals surface area contributed by atoms with Crippen molar-refractivity contribution in [3.63, 3.8) is 0 Å². The highest BCUT2D eigenvalue weighted by molar-refractivity contribution is 5.84. The van der Waals surface area contributed by atoms with Crippen LogP contribution in [0, 0.1) is 6.92 Å². The molecule has 0 atom stereocenters. The van der Waals surface area contributed by atoms with Gasteiger partial charge < -0.3 is 4.74 Å². The first kappa shape index (κ1) is 15.9. The first-order valence-electron chi connectivity index (χ1n) is 7.32. The summed E-state index contributed by atoms with van der Waals surface area (Å²) in [4.78, 5) is 4.49. The number of nitrogens with one attached hydrogen (secondary N) is 1. The average molecular weight is 327 g/mol. The van der Waals surface area contributed by atoms with E-state index in [1.165, 1.54) is 12.1 Å². The van der Waals surface area contributed by atoms with Gasteiger partial charge in [0.15, 0.2) is 0 Å². The van der Waals surface area contributed by atoms with Crippen LogP contribution in [0.1, 0.15) is 11.1 Å². The van der Waals surface area contributed by atoms with Crippen LogP contribution in [0.15, 0.2) is 59.7 Å².